The monoisotopic (exact) mass is 288 g/mol. The molecule has 0 amide bonds. The van der Waals surface area contributed by atoms with Crippen molar-refractivity contribution in [2.45, 2.75) is 19.4 Å². The molecule has 0 saturated heterocycles. The molecule has 2 aromatic rings. The van der Waals surface area contributed by atoms with Gasteiger partial charge in [-0.25, -0.2) is 9.97 Å². The van der Waals surface area contributed by atoms with E-state index < -0.39 is 12.0 Å². The molecule has 1 aromatic heterocycles. The van der Waals surface area contributed by atoms with Crippen LogP contribution >= 0.6 is 0 Å². The van der Waals surface area contributed by atoms with Gasteiger partial charge in [0.1, 0.15) is 11.6 Å². The van der Waals surface area contributed by atoms with Crippen LogP contribution in [0, 0.1) is 0 Å². The molecule has 0 bridgehead atoms. The number of aliphatic carboxylic acids is 1. The molecule has 2 rings (SSSR count). The molecule has 6 heteroatoms. The Morgan fingerprint density at radius 1 is 1.33 bits per heavy atom. The number of hydrogen-bond acceptors (Lipinski definition) is 5. The van der Waals surface area contributed by atoms with Crippen LogP contribution < -0.4 is 15.3 Å². The van der Waals surface area contributed by atoms with Gasteiger partial charge >= 0.3 is 0 Å². The second-order valence-corrected chi connectivity index (χ2v) is 5.40. The minimum atomic E-state index is -1.16. The molecule has 0 spiro atoms. The number of rotatable bonds is 6. The van der Waals surface area contributed by atoms with Gasteiger partial charge in [-0.3, -0.25) is 0 Å². The van der Waals surface area contributed by atoms with Crippen molar-refractivity contribution in [1.82, 2.24) is 9.97 Å². The van der Waals surface area contributed by atoms with Crippen molar-refractivity contribution in [3.8, 4) is 0 Å². The second kappa shape index (κ2) is 6.49. The summed E-state index contributed by atoms with van der Waals surface area (Å²) < 4.78 is 0. The van der Waals surface area contributed by atoms with Crippen LogP contribution in [0.5, 0.6) is 0 Å². The van der Waals surface area contributed by atoms with E-state index in [0.29, 0.717) is 11.6 Å². The molecule has 0 fully saturated rings. The number of carboxylic acid groups (broad SMARTS) is 1. The molecule has 0 radical (unpaired) electrons. The Hall–Kier alpha value is -2.21. The second-order valence-electron chi connectivity index (χ2n) is 5.40. The summed E-state index contributed by atoms with van der Waals surface area (Å²) in [6.07, 6.45) is 0.738. The first kappa shape index (κ1) is 15.2. The van der Waals surface area contributed by atoms with E-state index in [4.69, 9.17) is 0 Å². The number of aromatic nitrogens is 2. The van der Waals surface area contributed by atoms with Gasteiger partial charge in [0.05, 0.1) is 44.6 Å². The van der Waals surface area contributed by atoms with Gasteiger partial charge in [0.25, 0.3) is 0 Å². The molecule has 1 heterocycles. The standard InChI is InChI=1S/C15H20N4O2/c1-10(15(20)21)16-14-11-6-4-5-7-12(11)17-13(18-14)8-9-19(2)3/h4-7,10H,8-9H2,1-3H3,(H,20,21)(H,16,17,18)/t10-/m1/s1. The maximum Gasteiger partial charge on any atom is 0.138 e. The van der Waals surface area contributed by atoms with Crippen LogP contribution in [0.4, 0.5) is 5.82 Å². The molecule has 6 nitrogen and oxygen atoms in total. The average molecular weight is 288 g/mol. The van der Waals surface area contributed by atoms with Crippen LogP contribution in [0.1, 0.15) is 12.7 Å². The van der Waals surface area contributed by atoms with Crippen LogP contribution in [0.2, 0.25) is 0 Å². The lowest BCUT2D eigenvalue weighted by Crippen LogP contribution is -3.06. The van der Waals surface area contributed by atoms with Gasteiger partial charge in [0, 0.05) is 5.39 Å². The zero-order valence-electron chi connectivity index (χ0n) is 12.5. The van der Waals surface area contributed by atoms with E-state index in [1.807, 2.05) is 24.3 Å². The molecule has 0 aliphatic heterocycles. The SMILES string of the molecule is C[C@@H](Nc1nc(CC[NH+](C)C)nc2ccccc12)C(=O)[O-]. The van der Waals surface area contributed by atoms with Crippen molar-refractivity contribution in [3.63, 3.8) is 0 Å². The van der Waals surface area contributed by atoms with E-state index in [9.17, 15) is 9.90 Å². The van der Waals surface area contributed by atoms with E-state index in [2.05, 4.69) is 29.4 Å². The highest BCUT2D eigenvalue weighted by Crippen LogP contribution is 2.20. The summed E-state index contributed by atoms with van der Waals surface area (Å²) in [7, 11) is 4.14. The Morgan fingerprint density at radius 3 is 2.71 bits per heavy atom. The smallest absolute Gasteiger partial charge is 0.138 e. The largest absolute Gasteiger partial charge is 0.548 e. The van der Waals surface area contributed by atoms with Crippen molar-refractivity contribution in [3.05, 3.63) is 30.1 Å². The number of benzene rings is 1. The van der Waals surface area contributed by atoms with Crippen LogP contribution in [-0.4, -0.2) is 42.6 Å². The van der Waals surface area contributed by atoms with Gasteiger partial charge in [-0.2, -0.15) is 0 Å². The van der Waals surface area contributed by atoms with E-state index in [1.165, 1.54) is 11.8 Å². The Balaban J connectivity index is 2.37. The number of nitrogens with one attached hydrogen (secondary N) is 2. The van der Waals surface area contributed by atoms with Crippen LogP contribution in [0.25, 0.3) is 10.9 Å². The van der Waals surface area contributed by atoms with Gasteiger partial charge in [-0.05, 0) is 19.1 Å². The molecule has 0 unspecified atom stereocenters. The highest BCUT2D eigenvalue weighted by atomic mass is 16.4. The van der Waals surface area contributed by atoms with Crippen molar-refractivity contribution < 1.29 is 14.8 Å². The lowest BCUT2D eigenvalue weighted by molar-refractivity contribution is -0.858. The number of carboxylic acids is 1. The predicted octanol–water partition coefficient (Wildman–Crippen LogP) is -1.13. The number of carbonyl (C=O) groups is 1. The fraction of sp³-hybridized carbons (Fsp3) is 0.400. The maximum atomic E-state index is 10.9. The molecule has 21 heavy (non-hydrogen) atoms. The number of likely N-dealkylation sites (N-methyl/N-ethyl adjacent to an activating group) is 1. The summed E-state index contributed by atoms with van der Waals surface area (Å²) in [6.45, 7) is 2.45. The molecule has 112 valence electrons. The summed E-state index contributed by atoms with van der Waals surface area (Å²) >= 11 is 0. The number of hydrogen-bond donors (Lipinski definition) is 2. The normalized spacial score (nSPS) is 12.6. The summed E-state index contributed by atoms with van der Waals surface area (Å²) in [5, 5.41) is 14.6. The van der Waals surface area contributed by atoms with Gasteiger partial charge in [-0.1, -0.05) is 12.1 Å². The van der Waals surface area contributed by atoms with Crippen LogP contribution in [-0.2, 0) is 11.2 Å². The minimum absolute atomic E-state index is 0.543. The zero-order chi connectivity index (χ0) is 15.4. The Kier molecular flexibility index (Phi) is 4.70. The molecular formula is C15H20N4O2. The maximum absolute atomic E-state index is 10.9. The molecule has 2 N–H and O–H groups in total. The third-order valence-corrected chi connectivity index (χ3v) is 3.20. The van der Waals surface area contributed by atoms with Gasteiger partial charge in [0.15, 0.2) is 0 Å². The van der Waals surface area contributed by atoms with Gasteiger partial charge < -0.3 is 20.1 Å². The van der Waals surface area contributed by atoms with E-state index >= 15 is 0 Å². The van der Waals surface area contributed by atoms with Crippen molar-refractivity contribution in [2.75, 3.05) is 26.0 Å². The summed E-state index contributed by atoms with van der Waals surface area (Å²) in [5.74, 6) is 0.0981. The fourth-order valence-electron chi connectivity index (χ4n) is 1.97. The minimum Gasteiger partial charge on any atom is -0.548 e. The first-order valence-electron chi connectivity index (χ1n) is 6.99. The number of fused-ring (bicyclic) bond motifs is 1. The van der Waals surface area contributed by atoms with Crippen LogP contribution in [0.15, 0.2) is 24.3 Å². The van der Waals surface area contributed by atoms with Crippen molar-refractivity contribution in [2.24, 2.45) is 0 Å². The predicted molar refractivity (Wildman–Crippen MR) is 79.0 cm³/mol. The number of para-hydroxylation sites is 1. The number of carbonyl (C=O) groups excluding carboxylic acids is 1. The highest BCUT2D eigenvalue weighted by Gasteiger charge is 2.11. The van der Waals surface area contributed by atoms with E-state index in [0.717, 1.165) is 23.9 Å². The van der Waals surface area contributed by atoms with Crippen molar-refractivity contribution >= 4 is 22.7 Å². The van der Waals surface area contributed by atoms with E-state index in [1.54, 1.807) is 0 Å². The summed E-state index contributed by atoms with van der Waals surface area (Å²) in [5.41, 5.74) is 0.810. The number of nitrogens with zero attached hydrogens (tertiary/aromatic N) is 2. The van der Waals surface area contributed by atoms with Crippen molar-refractivity contribution in [1.29, 1.82) is 0 Å². The number of anilines is 1. The quantitative estimate of drug-likeness (QED) is 0.703. The fourth-order valence-corrected chi connectivity index (χ4v) is 1.97. The van der Waals surface area contributed by atoms with E-state index in [-0.39, 0.29) is 0 Å². The first-order chi connectivity index (χ1) is 9.97. The van der Waals surface area contributed by atoms with Gasteiger partial charge in [-0.15, -0.1) is 0 Å². The third kappa shape index (κ3) is 3.88. The molecular weight excluding hydrogens is 268 g/mol. The molecule has 0 aliphatic rings. The molecule has 0 saturated carbocycles. The molecule has 1 aromatic carbocycles. The summed E-state index contributed by atoms with van der Waals surface area (Å²) in [6, 6.07) is 6.75. The molecule has 0 aliphatic carbocycles. The summed E-state index contributed by atoms with van der Waals surface area (Å²) in [4.78, 5) is 21.2. The van der Waals surface area contributed by atoms with Crippen LogP contribution in [0.3, 0.4) is 0 Å². The van der Waals surface area contributed by atoms with Gasteiger partial charge in [0.2, 0.25) is 0 Å². The first-order valence-corrected chi connectivity index (χ1v) is 6.99. The lowest BCUT2D eigenvalue weighted by atomic mass is 10.2. The third-order valence-electron chi connectivity index (χ3n) is 3.20. The zero-order valence-corrected chi connectivity index (χ0v) is 12.5. The average Bonchev–Trinajstić information content (AvgIpc) is 2.45. The highest BCUT2D eigenvalue weighted by molar-refractivity contribution is 5.90. The topological polar surface area (TPSA) is 82.4 Å². The number of quaternary nitrogens is 1. The Morgan fingerprint density at radius 2 is 2.05 bits per heavy atom. The Labute approximate surface area is 123 Å². The lowest BCUT2D eigenvalue weighted by Gasteiger charge is -2.17. The molecule has 1 atom stereocenters. The Bertz CT molecular complexity index is 643.